The summed E-state index contributed by atoms with van der Waals surface area (Å²) in [7, 11) is 0. The molecule has 0 radical (unpaired) electrons. The highest BCUT2D eigenvalue weighted by atomic mass is 32.1. The van der Waals surface area contributed by atoms with Gasteiger partial charge in [0.2, 0.25) is 0 Å². The van der Waals surface area contributed by atoms with Crippen LogP contribution < -0.4 is 0 Å². The number of hydrogen-bond acceptors (Lipinski definition) is 4. The summed E-state index contributed by atoms with van der Waals surface area (Å²) in [6.07, 6.45) is 0. The van der Waals surface area contributed by atoms with Crippen LogP contribution in [0.2, 0.25) is 0 Å². The third-order valence-electron chi connectivity index (χ3n) is 8.54. The SMILES string of the molecule is c1ccc(-c2ccc(-c3nc(-c4ccccc4)nc(-c4cccc5c4ccc4ccc6c7ccccc7sc6c45)n3)cc2)cc1. The van der Waals surface area contributed by atoms with Gasteiger partial charge >= 0.3 is 0 Å². The van der Waals surface area contributed by atoms with Crippen molar-refractivity contribution in [2.75, 3.05) is 0 Å². The quantitative estimate of drug-likeness (QED) is 0.191. The Morgan fingerprint density at radius 2 is 0.911 bits per heavy atom. The molecule has 9 rings (SSSR count). The molecule has 0 saturated carbocycles. The Labute approximate surface area is 264 Å². The molecule has 3 nitrogen and oxygen atoms in total. The molecule has 0 aliphatic rings. The Kier molecular flexibility index (Phi) is 6.00. The fraction of sp³-hybridized carbons (Fsp3) is 0. The largest absolute Gasteiger partial charge is 0.208 e. The Hall–Kier alpha value is -5.71. The summed E-state index contributed by atoms with van der Waals surface area (Å²) in [5.41, 5.74) is 5.25. The smallest absolute Gasteiger partial charge is 0.164 e. The van der Waals surface area contributed by atoms with Gasteiger partial charge in [-0.2, -0.15) is 0 Å². The Balaban J connectivity index is 1.26. The van der Waals surface area contributed by atoms with Gasteiger partial charge in [0.05, 0.1) is 0 Å². The number of rotatable bonds is 4. The highest BCUT2D eigenvalue weighted by molar-refractivity contribution is 7.26. The lowest BCUT2D eigenvalue weighted by atomic mass is 9.96. The van der Waals surface area contributed by atoms with Gasteiger partial charge in [0.1, 0.15) is 0 Å². The second-order valence-electron chi connectivity index (χ2n) is 11.2. The van der Waals surface area contributed by atoms with Crippen LogP contribution in [0, 0.1) is 0 Å². The summed E-state index contributed by atoms with van der Waals surface area (Å²) in [4.78, 5) is 15.2. The van der Waals surface area contributed by atoms with Crippen molar-refractivity contribution >= 4 is 53.1 Å². The Morgan fingerprint density at radius 1 is 0.356 bits per heavy atom. The second-order valence-corrected chi connectivity index (χ2v) is 12.3. The highest BCUT2D eigenvalue weighted by Gasteiger charge is 2.17. The number of nitrogens with zero attached hydrogens (tertiary/aromatic N) is 3. The van der Waals surface area contributed by atoms with E-state index in [0.717, 1.165) is 27.6 Å². The minimum atomic E-state index is 0.656. The van der Waals surface area contributed by atoms with Crippen molar-refractivity contribution in [3.05, 3.63) is 152 Å². The first kappa shape index (κ1) is 25.8. The molecule has 0 saturated heterocycles. The number of thiophene rings is 1. The number of aromatic nitrogens is 3. The van der Waals surface area contributed by atoms with Gasteiger partial charge in [-0.25, -0.2) is 15.0 Å². The fourth-order valence-corrected chi connectivity index (χ4v) is 7.61. The van der Waals surface area contributed by atoms with E-state index in [0.29, 0.717) is 17.5 Å². The molecule has 0 amide bonds. The van der Waals surface area contributed by atoms with Crippen LogP contribution in [0.5, 0.6) is 0 Å². The molecule has 2 heterocycles. The minimum Gasteiger partial charge on any atom is -0.208 e. The monoisotopic (exact) mass is 591 g/mol. The van der Waals surface area contributed by atoms with E-state index in [-0.39, 0.29) is 0 Å². The lowest BCUT2D eigenvalue weighted by Crippen LogP contribution is -2.00. The zero-order valence-electron chi connectivity index (χ0n) is 24.2. The molecule has 0 fully saturated rings. The average molecular weight is 592 g/mol. The van der Waals surface area contributed by atoms with Gasteiger partial charge in [-0.3, -0.25) is 0 Å². The number of benzene rings is 7. The molecule has 0 bridgehead atoms. The van der Waals surface area contributed by atoms with E-state index < -0.39 is 0 Å². The van der Waals surface area contributed by atoms with Crippen molar-refractivity contribution < 1.29 is 0 Å². The fourth-order valence-electron chi connectivity index (χ4n) is 6.34. The number of hydrogen-bond donors (Lipinski definition) is 0. The standard InChI is InChI=1S/C41H25N3S/c1-3-10-26(11-4-1)27-18-20-30(21-19-27)40-42-39(29-12-5-2-6-13-29)43-41(44-40)35-16-9-15-33-31(35)24-22-28-23-25-34-32-14-7-8-17-36(32)45-38(34)37(28)33/h1-25H. The van der Waals surface area contributed by atoms with Crippen LogP contribution in [0.1, 0.15) is 0 Å². The van der Waals surface area contributed by atoms with Gasteiger partial charge in [-0.1, -0.05) is 146 Å². The normalized spacial score (nSPS) is 11.6. The van der Waals surface area contributed by atoms with E-state index in [9.17, 15) is 0 Å². The maximum atomic E-state index is 5.11. The summed E-state index contributed by atoms with van der Waals surface area (Å²) in [5.74, 6) is 1.98. The first-order valence-electron chi connectivity index (χ1n) is 15.0. The molecule has 0 aliphatic heterocycles. The molecule has 210 valence electrons. The van der Waals surface area contributed by atoms with Crippen molar-refractivity contribution in [1.29, 1.82) is 0 Å². The molecule has 0 spiro atoms. The van der Waals surface area contributed by atoms with Gasteiger partial charge in [0.25, 0.3) is 0 Å². The van der Waals surface area contributed by atoms with Crippen LogP contribution in [0.4, 0.5) is 0 Å². The van der Waals surface area contributed by atoms with Crippen LogP contribution in [-0.4, -0.2) is 15.0 Å². The van der Waals surface area contributed by atoms with Crippen molar-refractivity contribution in [3.63, 3.8) is 0 Å². The van der Waals surface area contributed by atoms with Gasteiger partial charge < -0.3 is 0 Å². The molecule has 9 aromatic rings. The van der Waals surface area contributed by atoms with Crippen LogP contribution >= 0.6 is 11.3 Å². The van der Waals surface area contributed by atoms with Crippen LogP contribution in [0.25, 0.3) is 87.0 Å². The van der Waals surface area contributed by atoms with Crippen LogP contribution in [0.15, 0.2) is 152 Å². The predicted octanol–water partition coefficient (Wildman–Crippen LogP) is 11.2. The molecular weight excluding hydrogens is 567 g/mol. The summed E-state index contributed by atoms with van der Waals surface area (Å²) in [6, 6.07) is 53.2. The van der Waals surface area contributed by atoms with Crippen molar-refractivity contribution in [3.8, 4) is 45.3 Å². The summed E-state index contributed by atoms with van der Waals surface area (Å²) >= 11 is 1.87. The second kappa shape index (κ2) is 10.5. The predicted molar refractivity (Wildman–Crippen MR) is 189 cm³/mol. The molecule has 7 aromatic carbocycles. The maximum Gasteiger partial charge on any atom is 0.164 e. The summed E-state index contributed by atoms with van der Waals surface area (Å²) < 4.78 is 2.62. The molecule has 0 aliphatic carbocycles. The van der Waals surface area contributed by atoms with E-state index in [1.807, 2.05) is 35.6 Å². The number of fused-ring (bicyclic) bond motifs is 7. The van der Waals surface area contributed by atoms with Crippen LogP contribution in [-0.2, 0) is 0 Å². The van der Waals surface area contributed by atoms with Gasteiger partial charge in [-0.15, -0.1) is 11.3 Å². The van der Waals surface area contributed by atoms with E-state index in [4.69, 9.17) is 15.0 Å². The van der Waals surface area contributed by atoms with E-state index in [1.54, 1.807) is 0 Å². The van der Waals surface area contributed by atoms with E-state index in [2.05, 4.69) is 127 Å². The zero-order valence-corrected chi connectivity index (χ0v) is 25.0. The molecule has 0 N–H and O–H groups in total. The van der Waals surface area contributed by atoms with Gasteiger partial charge in [0, 0.05) is 42.2 Å². The summed E-state index contributed by atoms with van der Waals surface area (Å²) in [6.45, 7) is 0. The third kappa shape index (κ3) is 4.38. The first-order chi connectivity index (χ1) is 22.3. The van der Waals surface area contributed by atoms with Crippen molar-refractivity contribution in [2.45, 2.75) is 0 Å². The zero-order chi connectivity index (χ0) is 29.7. The lowest BCUT2D eigenvalue weighted by molar-refractivity contribution is 1.08. The topological polar surface area (TPSA) is 38.7 Å². The van der Waals surface area contributed by atoms with Gasteiger partial charge in [0.15, 0.2) is 17.5 Å². The molecule has 2 aromatic heterocycles. The van der Waals surface area contributed by atoms with Gasteiger partial charge in [-0.05, 0) is 33.4 Å². The maximum absolute atomic E-state index is 5.11. The average Bonchev–Trinajstić information content (AvgIpc) is 3.51. The molecule has 0 unspecified atom stereocenters. The highest BCUT2D eigenvalue weighted by Crippen LogP contribution is 2.42. The first-order valence-corrected chi connectivity index (χ1v) is 15.9. The molecule has 0 atom stereocenters. The minimum absolute atomic E-state index is 0.656. The molecule has 45 heavy (non-hydrogen) atoms. The Bertz CT molecular complexity index is 2520. The molecular formula is C41H25N3S. The summed E-state index contributed by atoms with van der Waals surface area (Å²) in [5, 5.41) is 7.46. The van der Waals surface area contributed by atoms with Crippen molar-refractivity contribution in [1.82, 2.24) is 15.0 Å². The Morgan fingerprint density at radius 3 is 1.67 bits per heavy atom. The van der Waals surface area contributed by atoms with E-state index >= 15 is 0 Å². The van der Waals surface area contributed by atoms with E-state index in [1.165, 1.54) is 41.9 Å². The molecule has 4 heteroatoms. The van der Waals surface area contributed by atoms with Crippen LogP contribution in [0.3, 0.4) is 0 Å². The third-order valence-corrected chi connectivity index (χ3v) is 9.75. The lowest BCUT2D eigenvalue weighted by Gasteiger charge is -2.12. The van der Waals surface area contributed by atoms with Crippen molar-refractivity contribution in [2.24, 2.45) is 0 Å².